The zero-order valence-electron chi connectivity index (χ0n) is 10.1. The largest absolute Gasteiger partial charge is 0.295 e. The fourth-order valence-electron chi connectivity index (χ4n) is 1.50. The third-order valence-electron chi connectivity index (χ3n) is 2.15. The number of carbonyl (C=O) groups is 1. The Morgan fingerprint density at radius 3 is 1.90 bits per heavy atom. The van der Waals surface area contributed by atoms with Gasteiger partial charge in [-0.25, -0.2) is 0 Å². The Morgan fingerprint density at radius 1 is 1.00 bits per heavy atom. The average Bonchev–Trinajstić information content (AvgIpc) is 2.09. The molecule has 118 valence electrons. The molecule has 0 aliphatic carbocycles. The zero-order chi connectivity index (χ0) is 16.2. The molecular formula is C11H12Cl8O. The normalized spacial score (nSPS) is 15.0. The molecule has 9 heteroatoms. The van der Waals surface area contributed by atoms with Gasteiger partial charge in [-0.3, -0.25) is 4.79 Å². The van der Waals surface area contributed by atoms with E-state index in [1.54, 1.807) is 0 Å². The van der Waals surface area contributed by atoms with E-state index >= 15 is 0 Å². The maximum Gasteiger partial charge on any atom is 0.193 e. The van der Waals surface area contributed by atoms with E-state index in [2.05, 4.69) is 6.58 Å². The molecule has 0 aliphatic heterocycles. The minimum Gasteiger partial charge on any atom is -0.295 e. The van der Waals surface area contributed by atoms with Crippen molar-refractivity contribution >= 4 is 98.6 Å². The number of hydrogen-bond donors (Lipinski definition) is 0. The fourth-order valence-corrected chi connectivity index (χ4v) is 5.13. The molecule has 0 saturated carbocycles. The van der Waals surface area contributed by atoms with Crippen molar-refractivity contribution in [2.75, 3.05) is 0 Å². The third-order valence-corrected chi connectivity index (χ3v) is 3.97. The van der Waals surface area contributed by atoms with Gasteiger partial charge in [0.15, 0.2) is 9.58 Å². The molecule has 0 aromatic rings. The van der Waals surface area contributed by atoms with Gasteiger partial charge < -0.3 is 0 Å². The lowest BCUT2D eigenvalue weighted by atomic mass is 10.1. The summed E-state index contributed by atoms with van der Waals surface area (Å²) in [4.78, 5) is 11.2. The first-order valence-corrected chi connectivity index (χ1v) is 8.46. The molecule has 0 rings (SSSR count). The van der Waals surface area contributed by atoms with Gasteiger partial charge in [-0.1, -0.05) is 41.4 Å². The first kappa shape index (κ1) is 21.7. The van der Waals surface area contributed by atoms with Crippen LogP contribution in [0.2, 0.25) is 0 Å². The summed E-state index contributed by atoms with van der Waals surface area (Å²) in [7, 11) is 0. The van der Waals surface area contributed by atoms with Gasteiger partial charge in [0.25, 0.3) is 0 Å². The minimum atomic E-state index is -1.63. The molecule has 0 heterocycles. The smallest absolute Gasteiger partial charge is 0.193 e. The van der Waals surface area contributed by atoms with Crippen LogP contribution in [-0.2, 0) is 4.79 Å². The van der Waals surface area contributed by atoms with Crippen LogP contribution < -0.4 is 0 Å². The van der Waals surface area contributed by atoms with E-state index in [0.29, 0.717) is 0 Å². The van der Waals surface area contributed by atoms with Crippen molar-refractivity contribution < 1.29 is 4.79 Å². The van der Waals surface area contributed by atoms with E-state index in [-0.39, 0.29) is 31.5 Å². The third kappa shape index (κ3) is 11.3. The Bertz CT molecular complexity index is 347. The Labute approximate surface area is 158 Å². The van der Waals surface area contributed by atoms with Gasteiger partial charge in [0.2, 0.25) is 0 Å². The van der Waals surface area contributed by atoms with Crippen LogP contribution in [0.3, 0.4) is 0 Å². The predicted molar refractivity (Wildman–Crippen MR) is 92.5 cm³/mol. The van der Waals surface area contributed by atoms with Crippen LogP contribution in [0.25, 0.3) is 0 Å². The predicted octanol–water partition coefficient (Wildman–Crippen LogP) is 6.63. The van der Waals surface area contributed by atoms with E-state index in [4.69, 9.17) is 92.8 Å². The topological polar surface area (TPSA) is 17.1 Å². The summed E-state index contributed by atoms with van der Waals surface area (Å²) in [6, 6.07) is 0. The standard InChI is InChI=1S/C11H12Cl8O/c1-2-8(20)3-7(12)4-9(13,14)5-10(15,16)6-11(17,18)19/h2,7H,1,3-6H2. The lowest BCUT2D eigenvalue weighted by Crippen LogP contribution is -2.31. The summed E-state index contributed by atoms with van der Waals surface area (Å²) in [6.45, 7) is 3.35. The lowest BCUT2D eigenvalue weighted by molar-refractivity contribution is -0.114. The summed E-state index contributed by atoms with van der Waals surface area (Å²) < 4.78 is -4.42. The van der Waals surface area contributed by atoms with Gasteiger partial charge in [-0.15, -0.1) is 58.0 Å². The first-order valence-electron chi connectivity index (χ1n) is 5.38. The number of rotatable bonds is 8. The van der Waals surface area contributed by atoms with Crippen molar-refractivity contribution in [3.63, 3.8) is 0 Å². The lowest BCUT2D eigenvalue weighted by Gasteiger charge is -2.31. The van der Waals surface area contributed by atoms with E-state index < -0.39 is 17.8 Å². The average molecular weight is 444 g/mol. The Morgan fingerprint density at radius 2 is 1.50 bits per heavy atom. The Hall–Kier alpha value is 1.73. The molecular weight excluding hydrogens is 432 g/mol. The van der Waals surface area contributed by atoms with Gasteiger partial charge in [0.05, 0.1) is 0 Å². The summed E-state index contributed by atoms with van der Waals surface area (Å²) in [5.41, 5.74) is 0. The quantitative estimate of drug-likeness (QED) is 0.304. The molecule has 0 N–H and O–H groups in total. The summed E-state index contributed by atoms with van der Waals surface area (Å²) in [5, 5.41) is -0.576. The molecule has 0 bridgehead atoms. The Kier molecular flexibility index (Phi) is 9.28. The van der Waals surface area contributed by atoms with E-state index in [9.17, 15) is 4.79 Å². The highest BCUT2D eigenvalue weighted by Crippen LogP contribution is 2.48. The SMILES string of the molecule is C=CC(=O)CC(Cl)CC(Cl)(Cl)CC(Cl)(Cl)CC(Cl)(Cl)Cl. The summed E-state index contributed by atoms with van der Waals surface area (Å²) >= 11 is 47.2. The zero-order valence-corrected chi connectivity index (χ0v) is 16.2. The summed E-state index contributed by atoms with van der Waals surface area (Å²) in [6.07, 6.45) is 1.10. The number of halogens is 8. The van der Waals surface area contributed by atoms with Crippen LogP contribution in [0.5, 0.6) is 0 Å². The number of carbonyl (C=O) groups excluding carboxylic acids is 1. The monoisotopic (exact) mass is 440 g/mol. The molecule has 0 fully saturated rings. The van der Waals surface area contributed by atoms with Gasteiger partial charge in [0.1, 0.15) is 8.67 Å². The molecule has 1 atom stereocenters. The fraction of sp³-hybridized carbons (Fsp3) is 0.727. The van der Waals surface area contributed by atoms with Crippen molar-refractivity contribution in [3.8, 4) is 0 Å². The van der Waals surface area contributed by atoms with Crippen LogP contribution in [0.1, 0.15) is 25.7 Å². The molecule has 0 aromatic carbocycles. The molecule has 0 amide bonds. The minimum absolute atomic E-state index is 0.0638. The van der Waals surface area contributed by atoms with Crippen LogP contribution in [0, 0.1) is 0 Å². The molecule has 1 unspecified atom stereocenters. The molecule has 20 heavy (non-hydrogen) atoms. The van der Waals surface area contributed by atoms with Gasteiger partial charge in [-0.2, -0.15) is 0 Å². The highest BCUT2D eigenvalue weighted by molar-refractivity contribution is 6.68. The second-order valence-electron chi connectivity index (χ2n) is 4.36. The maximum atomic E-state index is 11.2. The highest BCUT2D eigenvalue weighted by atomic mass is 35.6. The van der Waals surface area contributed by atoms with Crippen LogP contribution >= 0.6 is 92.8 Å². The Balaban J connectivity index is 4.57. The van der Waals surface area contributed by atoms with E-state index in [1.165, 1.54) is 6.08 Å². The van der Waals surface area contributed by atoms with Crippen LogP contribution in [-0.4, -0.2) is 23.6 Å². The first-order chi connectivity index (χ1) is 8.76. The highest BCUT2D eigenvalue weighted by Gasteiger charge is 2.42. The second-order valence-corrected chi connectivity index (χ2v) is 10.8. The maximum absolute atomic E-state index is 11.2. The molecule has 0 spiro atoms. The van der Waals surface area contributed by atoms with E-state index in [0.717, 1.165) is 0 Å². The van der Waals surface area contributed by atoms with Crippen molar-refractivity contribution in [1.82, 2.24) is 0 Å². The number of alkyl halides is 8. The van der Waals surface area contributed by atoms with E-state index in [1.807, 2.05) is 0 Å². The van der Waals surface area contributed by atoms with Crippen molar-refractivity contribution in [1.29, 1.82) is 0 Å². The van der Waals surface area contributed by atoms with Gasteiger partial charge >= 0.3 is 0 Å². The summed E-state index contributed by atoms with van der Waals surface area (Å²) in [5.74, 6) is -0.210. The van der Waals surface area contributed by atoms with Crippen LogP contribution in [0.15, 0.2) is 12.7 Å². The van der Waals surface area contributed by atoms with Crippen molar-refractivity contribution in [3.05, 3.63) is 12.7 Å². The molecule has 0 saturated heterocycles. The number of allylic oxidation sites excluding steroid dienone is 1. The van der Waals surface area contributed by atoms with Crippen molar-refractivity contribution in [2.45, 2.75) is 43.5 Å². The molecule has 0 aliphatic rings. The number of ketones is 1. The molecule has 0 radical (unpaired) electrons. The molecule has 1 nitrogen and oxygen atoms in total. The second kappa shape index (κ2) is 8.55. The van der Waals surface area contributed by atoms with Gasteiger partial charge in [0, 0.05) is 24.6 Å². The molecule has 0 aromatic heterocycles. The van der Waals surface area contributed by atoms with Crippen molar-refractivity contribution in [2.24, 2.45) is 0 Å². The van der Waals surface area contributed by atoms with Gasteiger partial charge in [-0.05, 0) is 12.5 Å². The number of hydrogen-bond acceptors (Lipinski definition) is 1. The van der Waals surface area contributed by atoms with Crippen LogP contribution in [0.4, 0.5) is 0 Å².